The van der Waals surface area contributed by atoms with Crippen molar-refractivity contribution < 1.29 is 28.7 Å². The molecule has 0 unspecified atom stereocenters. The highest BCUT2D eigenvalue weighted by atomic mass is 16.6. The molecule has 2 aliphatic heterocycles. The van der Waals surface area contributed by atoms with Crippen molar-refractivity contribution in [3.8, 4) is 5.75 Å². The van der Waals surface area contributed by atoms with E-state index in [0.717, 1.165) is 5.56 Å². The molecule has 1 fully saturated rings. The molecule has 3 N–H and O–H groups in total. The van der Waals surface area contributed by atoms with Crippen molar-refractivity contribution in [3.63, 3.8) is 0 Å². The minimum absolute atomic E-state index is 0.0367. The number of alkyl carbamates (subject to hydrolysis) is 1. The zero-order valence-corrected chi connectivity index (χ0v) is 16.9. The van der Waals surface area contributed by atoms with Crippen LogP contribution in [0.3, 0.4) is 0 Å². The van der Waals surface area contributed by atoms with Gasteiger partial charge < -0.3 is 30.3 Å². The second kappa shape index (κ2) is 9.95. The number of carbonyl (C=O) groups excluding carboxylic acids is 4. The van der Waals surface area contributed by atoms with E-state index in [1.54, 1.807) is 12.1 Å². The van der Waals surface area contributed by atoms with Gasteiger partial charge in [-0.25, -0.2) is 4.79 Å². The fraction of sp³-hybridized carbons (Fsp3) is 0.500. The molecule has 0 aromatic heterocycles. The minimum Gasteiger partial charge on any atom is -0.491 e. The molecule has 0 spiro atoms. The first-order valence-electron chi connectivity index (χ1n) is 9.94. The van der Waals surface area contributed by atoms with Crippen molar-refractivity contribution in [2.24, 2.45) is 0 Å². The van der Waals surface area contributed by atoms with Gasteiger partial charge in [0.1, 0.15) is 25.0 Å². The van der Waals surface area contributed by atoms with Gasteiger partial charge in [-0.2, -0.15) is 0 Å². The molecule has 10 nitrogen and oxygen atoms in total. The first-order chi connectivity index (χ1) is 14.4. The van der Waals surface area contributed by atoms with Crippen LogP contribution >= 0.6 is 0 Å². The number of amides is 4. The molecule has 10 heteroatoms. The Hall–Kier alpha value is -3.30. The third-order valence-electron chi connectivity index (χ3n) is 4.84. The molecule has 1 aromatic rings. The van der Waals surface area contributed by atoms with Crippen molar-refractivity contribution in [1.29, 1.82) is 0 Å². The number of hydrogen-bond acceptors (Lipinski definition) is 6. The standard InChI is InChI=1S/C20H26N4O6/c1-13-4-5-16-14(11-13)18(26)22-6-9-24(19(27)15-12-30-20(28)23-15)8-2-3-17(25)21-7-10-29-16/h4-5,11,15H,2-3,6-10,12H2,1H3,(H,21,25)(H,22,26)(H,23,28)/t15-/m0/s1. The lowest BCUT2D eigenvalue weighted by molar-refractivity contribution is -0.133. The second-order valence-corrected chi connectivity index (χ2v) is 7.18. The van der Waals surface area contributed by atoms with Crippen LogP contribution in [0.5, 0.6) is 5.75 Å². The molecule has 1 saturated heterocycles. The molecule has 0 radical (unpaired) electrons. The minimum atomic E-state index is -0.763. The maximum Gasteiger partial charge on any atom is 0.407 e. The molecular weight excluding hydrogens is 392 g/mol. The normalized spacial score (nSPS) is 21.0. The average molecular weight is 418 g/mol. The highest BCUT2D eigenvalue weighted by molar-refractivity contribution is 5.97. The van der Waals surface area contributed by atoms with Crippen LogP contribution in [0.4, 0.5) is 4.79 Å². The van der Waals surface area contributed by atoms with Crippen molar-refractivity contribution in [2.45, 2.75) is 25.8 Å². The maximum atomic E-state index is 12.7. The van der Waals surface area contributed by atoms with Crippen LogP contribution in [0.1, 0.15) is 28.8 Å². The number of rotatable bonds is 1. The van der Waals surface area contributed by atoms with Gasteiger partial charge in [-0.15, -0.1) is 0 Å². The lowest BCUT2D eigenvalue weighted by atomic mass is 10.1. The first kappa shape index (κ1) is 21.4. The molecule has 3 rings (SSSR count). The number of ether oxygens (including phenoxy) is 2. The third-order valence-corrected chi connectivity index (χ3v) is 4.84. The van der Waals surface area contributed by atoms with Crippen LogP contribution in [0, 0.1) is 6.92 Å². The number of benzene rings is 1. The zero-order chi connectivity index (χ0) is 21.5. The van der Waals surface area contributed by atoms with Crippen LogP contribution in [0.25, 0.3) is 0 Å². The van der Waals surface area contributed by atoms with Gasteiger partial charge in [0.05, 0.1) is 12.1 Å². The average Bonchev–Trinajstić information content (AvgIpc) is 3.15. The molecular formula is C20H26N4O6. The number of cyclic esters (lactones) is 1. The highest BCUT2D eigenvalue weighted by Gasteiger charge is 2.32. The molecule has 162 valence electrons. The van der Waals surface area contributed by atoms with E-state index in [9.17, 15) is 19.2 Å². The lowest BCUT2D eigenvalue weighted by Gasteiger charge is -2.25. The Morgan fingerprint density at radius 1 is 1.10 bits per heavy atom. The third kappa shape index (κ3) is 5.62. The van der Waals surface area contributed by atoms with Crippen LogP contribution in [0.15, 0.2) is 18.2 Å². The molecule has 0 saturated carbocycles. The molecule has 0 bridgehead atoms. The highest BCUT2D eigenvalue weighted by Crippen LogP contribution is 2.20. The van der Waals surface area contributed by atoms with E-state index in [4.69, 9.17) is 9.47 Å². The van der Waals surface area contributed by atoms with Gasteiger partial charge in [0.15, 0.2) is 0 Å². The summed E-state index contributed by atoms with van der Waals surface area (Å²) in [6, 6.07) is 4.54. The predicted molar refractivity (Wildman–Crippen MR) is 106 cm³/mol. The van der Waals surface area contributed by atoms with Crippen LogP contribution in [0.2, 0.25) is 0 Å². The Morgan fingerprint density at radius 2 is 1.93 bits per heavy atom. The summed E-state index contributed by atoms with van der Waals surface area (Å²) in [6.07, 6.45) is 0.0681. The number of carbonyl (C=O) groups is 4. The van der Waals surface area contributed by atoms with E-state index in [2.05, 4.69) is 16.0 Å². The van der Waals surface area contributed by atoms with Crippen molar-refractivity contribution in [1.82, 2.24) is 20.9 Å². The van der Waals surface area contributed by atoms with Gasteiger partial charge >= 0.3 is 6.09 Å². The summed E-state index contributed by atoms with van der Waals surface area (Å²) in [5, 5.41) is 8.05. The molecule has 30 heavy (non-hydrogen) atoms. The Morgan fingerprint density at radius 3 is 2.70 bits per heavy atom. The van der Waals surface area contributed by atoms with Gasteiger partial charge in [0.25, 0.3) is 5.91 Å². The molecule has 4 amide bonds. The largest absolute Gasteiger partial charge is 0.491 e. The molecule has 2 heterocycles. The fourth-order valence-corrected chi connectivity index (χ4v) is 3.29. The molecule has 1 atom stereocenters. The topological polar surface area (TPSA) is 126 Å². The number of fused-ring (bicyclic) bond motifs is 1. The zero-order valence-electron chi connectivity index (χ0n) is 16.9. The van der Waals surface area contributed by atoms with Crippen LogP contribution in [-0.2, 0) is 14.3 Å². The van der Waals surface area contributed by atoms with E-state index in [1.165, 1.54) is 4.90 Å². The summed E-state index contributed by atoms with van der Waals surface area (Å²) in [5.41, 5.74) is 1.30. The monoisotopic (exact) mass is 418 g/mol. The van der Waals surface area contributed by atoms with E-state index in [-0.39, 0.29) is 50.4 Å². The summed E-state index contributed by atoms with van der Waals surface area (Å²) in [4.78, 5) is 50.2. The Kier molecular flexibility index (Phi) is 7.10. The van der Waals surface area contributed by atoms with Gasteiger partial charge in [0.2, 0.25) is 11.8 Å². The van der Waals surface area contributed by atoms with E-state index >= 15 is 0 Å². The predicted octanol–water partition coefficient (Wildman–Crippen LogP) is -0.0494. The summed E-state index contributed by atoms with van der Waals surface area (Å²) in [7, 11) is 0. The number of nitrogens with zero attached hydrogens (tertiary/aromatic N) is 1. The van der Waals surface area contributed by atoms with Crippen molar-refractivity contribution >= 4 is 23.8 Å². The van der Waals surface area contributed by atoms with E-state index in [0.29, 0.717) is 30.8 Å². The summed E-state index contributed by atoms with van der Waals surface area (Å²) < 4.78 is 10.5. The van der Waals surface area contributed by atoms with Gasteiger partial charge in [-0.3, -0.25) is 14.4 Å². The van der Waals surface area contributed by atoms with E-state index in [1.807, 2.05) is 13.0 Å². The van der Waals surface area contributed by atoms with Gasteiger partial charge in [0, 0.05) is 26.1 Å². The Bertz CT molecular complexity index is 828. The number of hydrogen-bond donors (Lipinski definition) is 3. The Balaban J connectivity index is 1.72. The summed E-state index contributed by atoms with van der Waals surface area (Å²) in [6.45, 7) is 3.16. The summed E-state index contributed by atoms with van der Waals surface area (Å²) in [5.74, 6) is -0.324. The summed E-state index contributed by atoms with van der Waals surface area (Å²) >= 11 is 0. The fourth-order valence-electron chi connectivity index (χ4n) is 3.29. The van der Waals surface area contributed by atoms with Crippen LogP contribution in [-0.4, -0.2) is 74.1 Å². The maximum absolute atomic E-state index is 12.7. The first-order valence-corrected chi connectivity index (χ1v) is 9.94. The molecule has 1 aromatic carbocycles. The second-order valence-electron chi connectivity index (χ2n) is 7.18. The molecule has 2 aliphatic rings. The quantitative estimate of drug-likeness (QED) is 0.587. The van der Waals surface area contributed by atoms with Gasteiger partial charge in [-0.1, -0.05) is 11.6 Å². The SMILES string of the molecule is Cc1ccc2c(c1)C(=O)NCCN(C(=O)[C@@H]1COC(=O)N1)CCCC(=O)NCCO2. The van der Waals surface area contributed by atoms with Crippen molar-refractivity contribution in [2.75, 3.05) is 39.4 Å². The van der Waals surface area contributed by atoms with E-state index < -0.39 is 12.1 Å². The number of aryl methyl sites for hydroxylation is 1. The Labute approximate surface area is 174 Å². The lowest BCUT2D eigenvalue weighted by Crippen LogP contribution is -2.48. The van der Waals surface area contributed by atoms with Gasteiger partial charge in [-0.05, 0) is 25.5 Å². The van der Waals surface area contributed by atoms with Crippen LogP contribution < -0.4 is 20.7 Å². The smallest absolute Gasteiger partial charge is 0.407 e. The number of nitrogens with one attached hydrogen (secondary N) is 3. The van der Waals surface area contributed by atoms with Crippen molar-refractivity contribution in [3.05, 3.63) is 29.3 Å². The molecule has 0 aliphatic carbocycles.